The standard InChI is InChI=1S/C28H35N3O6/c1-2-3-14-23(27(36)29-22(19-32)16-15-20-10-6-4-7-11-20)31-28(37)24(17-18-25(33)34)30-26(35)21-12-8-5-9-13-21/h4-13,19,22-24H,2-3,14-18H2,1H3,(H,29,36)(H,30,35)(H,31,37)(H,33,34)/t22-,23-,24-/m0/s1. The van der Waals surface area contributed by atoms with Gasteiger partial charge in [-0.2, -0.15) is 0 Å². The largest absolute Gasteiger partial charge is 0.481 e. The van der Waals surface area contributed by atoms with Gasteiger partial charge in [0.1, 0.15) is 18.4 Å². The predicted molar refractivity (Wildman–Crippen MR) is 139 cm³/mol. The molecule has 0 saturated heterocycles. The highest BCUT2D eigenvalue weighted by atomic mass is 16.4. The van der Waals surface area contributed by atoms with Crippen LogP contribution in [0.4, 0.5) is 0 Å². The van der Waals surface area contributed by atoms with Crippen molar-refractivity contribution < 1.29 is 29.1 Å². The first kappa shape index (κ1) is 29.2. The van der Waals surface area contributed by atoms with Gasteiger partial charge in [-0.05, 0) is 43.4 Å². The molecule has 198 valence electrons. The highest BCUT2D eigenvalue weighted by Gasteiger charge is 2.28. The highest BCUT2D eigenvalue weighted by molar-refractivity contribution is 5.98. The van der Waals surface area contributed by atoms with Crippen LogP contribution >= 0.6 is 0 Å². The van der Waals surface area contributed by atoms with Crippen molar-refractivity contribution in [3.63, 3.8) is 0 Å². The van der Waals surface area contributed by atoms with Crippen molar-refractivity contribution in [2.24, 2.45) is 0 Å². The van der Waals surface area contributed by atoms with Gasteiger partial charge in [-0.1, -0.05) is 68.3 Å². The Hall–Kier alpha value is -4.01. The van der Waals surface area contributed by atoms with Crippen molar-refractivity contribution in [3.05, 3.63) is 71.8 Å². The van der Waals surface area contributed by atoms with Crippen LogP contribution < -0.4 is 16.0 Å². The summed E-state index contributed by atoms with van der Waals surface area (Å²) in [5, 5.41) is 17.0. The maximum Gasteiger partial charge on any atom is 0.303 e. The Morgan fingerprint density at radius 2 is 1.41 bits per heavy atom. The zero-order valence-electron chi connectivity index (χ0n) is 21.0. The van der Waals surface area contributed by atoms with Crippen LogP contribution in [0.2, 0.25) is 0 Å². The molecule has 0 heterocycles. The molecule has 0 unspecified atom stereocenters. The first-order valence-electron chi connectivity index (χ1n) is 12.5. The van der Waals surface area contributed by atoms with E-state index in [1.54, 1.807) is 30.3 Å². The van der Waals surface area contributed by atoms with Gasteiger partial charge in [-0.15, -0.1) is 0 Å². The Bertz CT molecular complexity index is 1030. The molecule has 0 radical (unpaired) electrons. The third-order valence-electron chi connectivity index (χ3n) is 5.86. The first-order chi connectivity index (χ1) is 17.8. The summed E-state index contributed by atoms with van der Waals surface area (Å²) in [4.78, 5) is 61.5. The summed E-state index contributed by atoms with van der Waals surface area (Å²) in [6, 6.07) is 15.0. The Labute approximate surface area is 217 Å². The summed E-state index contributed by atoms with van der Waals surface area (Å²) >= 11 is 0. The monoisotopic (exact) mass is 509 g/mol. The molecule has 0 bridgehead atoms. The number of rotatable bonds is 16. The lowest BCUT2D eigenvalue weighted by Crippen LogP contribution is -2.55. The van der Waals surface area contributed by atoms with Crippen molar-refractivity contribution >= 4 is 30.0 Å². The molecule has 2 rings (SSSR count). The number of aryl methyl sites for hydroxylation is 1. The van der Waals surface area contributed by atoms with Gasteiger partial charge in [0.15, 0.2) is 0 Å². The molecule has 0 aliphatic rings. The van der Waals surface area contributed by atoms with Gasteiger partial charge in [0, 0.05) is 12.0 Å². The van der Waals surface area contributed by atoms with Crippen LogP contribution in [0.15, 0.2) is 60.7 Å². The number of aliphatic carboxylic acids is 1. The second kappa shape index (κ2) is 15.9. The number of aldehydes is 1. The van der Waals surface area contributed by atoms with E-state index < -0.39 is 41.8 Å². The average molecular weight is 510 g/mol. The Kier molecular flexibility index (Phi) is 12.5. The Morgan fingerprint density at radius 1 is 0.811 bits per heavy atom. The number of carbonyl (C=O) groups is 5. The molecule has 0 aliphatic heterocycles. The molecular weight excluding hydrogens is 474 g/mol. The van der Waals surface area contributed by atoms with Crippen molar-refractivity contribution in [1.82, 2.24) is 16.0 Å². The van der Waals surface area contributed by atoms with E-state index in [0.29, 0.717) is 37.5 Å². The van der Waals surface area contributed by atoms with E-state index >= 15 is 0 Å². The van der Waals surface area contributed by atoms with Gasteiger partial charge < -0.3 is 25.9 Å². The van der Waals surface area contributed by atoms with Gasteiger partial charge in [0.05, 0.1) is 6.04 Å². The molecule has 3 amide bonds. The lowest BCUT2D eigenvalue weighted by molar-refractivity contribution is -0.137. The fraction of sp³-hybridized carbons (Fsp3) is 0.393. The minimum Gasteiger partial charge on any atom is -0.481 e. The van der Waals surface area contributed by atoms with E-state index in [9.17, 15) is 24.0 Å². The summed E-state index contributed by atoms with van der Waals surface area (Å²) < 4.78 is 0. The summed E-state index contributed by atoms with van der Waals surface area (Å²) in [6.07, 6.45) is 2.94. The number of carboxylic acids is 1. The maximum absolute atomic E-state index is 13.1. The molecular formula is C28H35N3O6. The van der Waals surface area contributed by atoms with Crippen molar-refractivity contribution in [2.45, 2.75) is 70.0 Å². The second-order valence-electron chi connectivity index (χ2n) is 8.80. The minimum absolute atomic E-state index is 0.143. The molecule has 0 aromatic heterocycles. The Morgan fingerprint density at radius 3 is 2.00 bits per heavy atom. The lowest BCUT2D eigenvalue weighted by atomic mass is 10.0. The number of amides is 3. The predicted octanol–water partition coefficient (Wildman–Crippen LogP) is 2.64. The third-order valence-corrected chi connectivity index (χ3v) is 5.86. The van der Waals surface area contributed by atoms with Crippen LogP contribution in [-0.2, 0) is 25.6 Å². The van der Waals surface area contributed by atoms with Gasteiger partial charge in [-0.3, -0.25) is 19.2 Å². The van der Waals surface area contributed by atoms with E-state index in [-0.39, 0.29) is 12.8 Å². The van der Waals surface area contributed by atoms with Crippen LogP contribution in [0.3, 0.4) is 0 Å². The van der Waals surface area contributed by atoms with Gasteiger partial charge in [0.2, 0.25) is 11.8 Å². The maximum atomic E-state index is 13.1. The topological polar surface area (TPSA) is 142 Å². The van der Waals surface area contributed by atoms with E-state index in [4.69, 9.17) is 5.11 Å². The smallest absolute Gasteiger partial charge is 0.303 e. The number of hydrogen-bond donors (Lipinski definition) is 4. The lowest BCUT2D eigenvalue weighted by Gasteiger charge is -2.24. The van der Waals surface area contributed by atoms with Crippen LogP contribution in [0.25, 0.3) is 0 Å². The average Bonchev–Trinajstić information content (AvgIpc) is 2.91. The van der Waals surface area contributed by atoms with Crippen molar-refractivity contribution in [3.8, 4) is 0 Å². The zero-order chi connectivity index (χ0) is 27.0. The van der Waals surface area contributed by atoms with Crippen LogP contribution in [-0.4, -0.2) is 53.2 Å². The van der Waals surface area contributed by atoms with Gasteiger partial charge >= 0.3 is 5.97 Å². The number of benzene rings is 2. The van der Waals surface area contributed by atoms with Crippen LogP contribution in [0.1, 0.15) is 61.4 Å². The molecule has 4 N–H and O–H groups in total. The molecule has 2 aromatic carbocycles. The zero-order valence-corrected chi connectivity index (χ0v) is 21.0. The minimum atomic E-state index is -1.15. The molecule has 9 heteroatoms. The fourth-order valence-corrected chi connectivity index (χ4v) is 3.74. The fourth-order valence-electron chi connectivity index (χ4n) is 3.74. The molecule has 0 saturated carbocycles. The van der Waals surface area contributed by atoms with Crippen molar-refractivity contribution in [2.75, 3.05) is 0 Å². The molecule has 0 fully saturated rings. The summed E-state index contributed by atoms with van der Waals surface area (Å²) in [5.74, 6) is -2.80. The van der Waals surface area contributed by atoms with E-state index in [2.05, 4.69) is 16.0 Å². The van der Waals surface area contributed by atoms with E-state index in [0.717, 1.165) is 12.0 Å². The Balaban J connectivity index is 2.07. The highest BCUT2D eigenvalue weighted by Crippen LogP contribution is 2.08. The summed E-state index contributed by atoms with van der Waals surface area (Å²) in [7, 11) is 0. The number of hydrogen-bond acceptors (Lipinski definition) is 5. The van der Waals surface area contributed by atoms with Gasteiger partial charge in [0.25, 0.3) is 5.91 Å². The second-order valence-corrected chi connectivity index (χ2v) is 8.80. The molecule has 3 atom stereocenters. The van der Waals surface area contributed by atoms with Gasteiger partial charge in [-0.25, -0.2) is 0 Å². The molecule has 37 heavy (non-hydrogen) atoms. The van der Waals surface area contributed by atoms with E-state index in [1.807, 2.05) is 37.3 Å². The molecule has 0 aliphatic carbocycles. The normalized spacial score (nSPS) is 13.0. The summed E-state index contributed by atoms with van der Waals surface area (Å²) in [5.41, 5.74) is 1.36. The number of nitrogens with one attached hydrogen (secondary N) is 3. The van der Waals surface area contributed by atoms with Crippen LogP contribution in [0, 0.1) is 0 Å². The first-order valence-corrected chi connectivity index (χ1v) is 12.5. The SMILES string of the molecule is CCCC[C@H](NC(=O)[C@H](CCC(=O)O)NC(=O)c1ccccc1)C(=O)N[C@H](C=O)CCc1ccccc1. The quantitative estimate of drug-likeness (QED) is 0.256. The molecule has 9 nitrogen and oxygen atoms in total. The number of carbonyl (C=O) groups excluding carboxylic acids is 4. The summed E-state index contributed by atoms with van der Waals surface area (Å²) in [6.45, 7) is 1.95. The third kappa shape index (κ3) is 10.6. The molecule has 2 aromatic rings. The number of carboxylic acid groups (broad SMARTS) is 1. The van der Waals surface area contributed by atoms with E-state index in [1.165, 1.54) is 0 Å². The number of unbranched alkanes of at least 4 members (excludes halogenated alkanes) is 1. The van der Waals surface area contributed by atoms with Crippen LogP contribution in [0.5, 0.6) is 0 Å². The molecule has 0 spiro atoms. The van der Waals surface area contributed by atoms with Crippen molar-refractivity contribution in [1.29, 1.82) is 0 Å².